The number of nitrogens with zero attached hydrogens (tertiary/aromatic N) is 3. The Balaban J connectivity index is 2.23. The van der Waals surface area contributed by atoms with E-state index in [-0.39, 0.29) is 17.9 Å². The van der Waals surface area contributed by atoms with Gasteiger partial charge in [-0.1, -0.05) is 0 Å². The van der Waals surface area contributed by atoms with Gasteiger partial charge in [0.05, 0.1) is 7.11 Å². The van der Waals surface area contributed by atoms with Gasteiger partial charge in [-0.3, -0.25) is 0 Å². The molecule has 1 N–H and O–H groups in total. The number of benzene rings is 1. The van der Waals surface area contributed by atoms with Crippen molar-refractivity contribution < 1.29 is 19.4 Å². The van der Waals surface area contributed by atoms with E-state index in [9.17, 15) is 4.79 Å². The highest BCUT2D eigenvalue weighted by atomic mass is 16.5. The summed E-state index contributed by atoms with van der Waals surface area (Å²) in [5.74, 6) is 1.07. The van der Waals surface area contributed by atoms with Crippen LogP contribution in [0.4, 0.5) is 0 Å². The van der Waals surface area contributed by atoms with E-state index < -0.39 is 5.97 Å². The average molecular weight is 277 g/mol. The topological polar surface area (TPSA) is 86.5 Å². The molecule has 20 heavy (non-hydrogen) atoms. The Labute approximate surface area is 115 Å². The Hall–Kier alpha value is -2.57. The van der Waals surface area contributed by atoms with Crippen LogP contribution in [0, 0.1) is 6.92 Å². The van der Waals surface area contributed by atoms with Gasteiger partial charge in [-0.15, -0.1) is 10.2 Å². The molecular weight excluding hydrogens is 262 g/mol. The number of aryl methyl sites for hydroxylation is 1. The lowest BCUT2D eigenvalue weighted by Crippen LogP contribution is -2.07. The van der Waals surface area contributed by atoms with Gasteiger partial charge in [-0.25, -0.2) is 4.79 Å². The van der Waals surface area contributed by atoms with E-state index >= 15 is 0 Å². The predicted molar refractivity (Wildman–Crippen MR) is 70.0 cm³/mol. The zero-order valence-electron chi connectivity index (χ0n) is 11.5. The number of aromatic carboxylic acids is 1. The number of hydrogen-bond donors (Lipinski definition) is 1. The molecule has 0 fully saturated rings. The van der Waals surface area contributed by atoms with Crippen LogP contribution in [0.25, 0.3) is 0 Å². The van der Waals surface area contributed by atoms with Crippen LogP contribution in [0.15, 0.2) is 18.2 Å². The summed E-state index contributed by atoms with van der Waals surface area (Å²) in [4.78, 5) is 11.1. The number of carboxylic acid groups (broad SMARTS) is 1. The van der Waals surface area contributed by atoms with Crippen molar-refractivity contribution in [3.63, 3.8) is 0 Å². The van der Waals surface area contributed by atoms with Crippen molar-refractivity contribution in [3.8, 4) is 11.5 Å². The molecule has 0 bridgehead atoms. The van der Waals surface area contributed by atoms with E-state index in [2.05, 4.69) is 10.2 Å². The zero-order chi connectivity index (χ0) is 14.7. The van der Waals surface area contributed by atoms with Gasteiger partial charge in [-0.05, 0) is 19.1 Å². The molecule has 7 heteroatoms. The molecule has 0 unspecified atom stereocenters. The molecule has 0 aliphatic carbocycles. The van der Waals surface area contributed by atoms with Gasteiger partial charge in [0.1, 0.15) is 29.5 Å². The van der Waals surface area contributed by atoms with E-state index in [4.69, 9.17) is 14.6 Å². The number of carbonyl (C=O) groups is 1. The lowest BCUT2D eigenvalue weighted by atomic mass is 10.2. The summed E-state index contributed by atoms with van der Waals surface area (Å²) in [6, 6.07) is 4.55. The molecule has 7 nitrogen and oxygen atoms in total. The van der Waals surface area contributed by atoms with E-state index in [0.29, 0.717) is 11.6 Å². The predicted octanol–water partition coefficient (Wildman–Crippen LogP) is 1.41. The van der Waals surface area contributed by atoms with Gasteiger partial charge in [0.2, 0.25) is 0 Å². The fourth-order valence-corrected chi connectivity index (χ4v) is 1.64. The number of carboxylic acids is 1. The Bertz CT molecular complexity index is 637. The first-order valence-electron chi connectivity index (χ1n) is 5.92. The van der Waals surface area contributed by atoms with Gasteiger partial charge >= 0.3 is 5.97 Å². The van der Waals surface area contributed by atoms with Gasteiger partial charge in [0.25, 0.3) is 0 Å². The van der Waals surface area contributed by atoms with E-state index in [1.54, 1.807) is 10.6 Å². The second-order valence-corrected chi connectivity index (χ2v) is 4.18. The summed E-state index contributed by atoms with van der Waals surface area (Å²) in [5, 5.41) is 17.0. The molecule has 2 aromatic rings. The first-order chi connectivity index (χ1) is 9.52. The van der Waals surface area contributed by atoms with Crippen molar-refractivity contribution in [2.45, 2.75) is 13.5 Å². The molecule has 2 rings (SSSR count). The van der Waals surface area contributed by atoms with Crippen molar-refractivity contribution in [1.29, 1.82) is 0 Å². The van der Waals surface area contributed by atoms with Gasteiger partial charge in [0.15, 0.2) is 5.82 Å². The first kappa shape index (κ1) is 13.9. The number of hydrogen-bond acceptors (Lipinski definition) is 5. The molecule has 0 aliphatic heterocycles. The summed E-state index contributed by atoms with van der Waals surface area (Å²) in [5.41, 5.74) is 0.0738. The second kappa shape index (κ2) is 5.60. The minimum absolute atomic E-state index is 0.0738. The molecule has 0 radical (unpaired) electrons. The van der Waals surface area contributed by atoms with Crippen molar-refractivity contribution in [1.82, 2.24) is 14.8 Å². The number of rotatable bonds is 5. The molecule has 1 heterocycles. The lowest BCUT2D eigenvalue weighted by molar-refractivity contribution is 0.0691. The highest BCUT2D eigenvalue weighted by Crippen LogP contribution is 2.25. The van der Waals surface area contributed by atoms with Crippen LogP contribution in [-0.2, 0) is 13.7 Å². The molecule has 0 spiro atoms. The fraction of sp³-hybridized carbons (Fsp3) is 0.308. The van der Waals surface area contributed by atoms with Crippen LogP contribution in [-0.4, -0.2) is 33.0 Å². The minimum Gasteiger partial charge on any atom is -0.497 e. The van der Waals surface area contributed by atoms with Crippen LogP contribution in [0.5, 0.6) is 11.5 Å². The van der Waals surface area contributed by atoms with Crippen LogP contribution in [0.3, 0.4) is 0 Å². The van der Waals surface area contributed by atoms with Crippen molar-refractivity contribution in [3.05, 3.63) is 35.4 Å². The maximum Gasteiger partial charge on any atom is 0.339 e. The number of methoxy groups -OCH3 is 1. The van der Waals surface area contributed by atoms with Gasteiger partial charge in [-0.2, -0.15) is 0 Å². The highest BCUT2D eigenvalue weighted by Gasteiger charge is 2.14. The Morgan fingerprint density at radius 1 is 1.40 bits per heavy atom. The monoisotopic (exact) mass is 277 g/mol. The normalized spacial score (nSPS) is 10.3. The van der Waals surface area contributed by atoms with E-state index in [1.165, 1.54) is 19.2 Å². The molecular formula is C13H15N3O4. The average Bonchev–Trinajstić information content (AvgIpc) is 2.76. The van der Waals surface area contributed by atoms with Crippen LogP contribution < -0.4 is 9.47 Å². The van der Waals surface area contributed by atoms with E-state index in [1.807, 2.05) is 14.0 Å². The molecule has 0 amide bonds. The van der Waals surface area contributed by atoms with Crippen LogP contribution in [0.2, 0.25) is 0 Å². The fourth-order valence-electron chi connectivity index (χ4n) is 1.64. The van der Waals surface area contributed by atoms with Crippen molar-refractivity contribution in [2.24, 2.45) is 7.05 Å². The summed E-state index contributed by atoms with van der Waals surface area (Å²) in [7, 11) is 3.32. The molecule has 1 aromatic heterocycles. The van der Waals surface area contributed by atoms with Crippen LogP contribution >= 0.6 is 0 Å². The quantitative estimate of drug-likeness (QED) is 0.889. The SMILES string of the molecule is COc1ccc(C(=O)O)c(OCc2nnc(C)n2C)c1. The molecule has 0 atom stereocenters. The third-order valence-corrected chi connectivity index (χ3v) is 2.96. The van der Waals surface area contributed by atoms with E-state index in [0.717, 1.165) is 5.82 Å². The minimum atomic E-state index is -1.06. The van der Waals surface area contributed by atoms with Gasteiger partial charge < -0.3 is 19.1 Å². The third kappa shape index (κ3) is 2.71. The van der Waals surface area contributed by atoms with Crippen LogP contribution in [0.1, 0.15) is 22.0 Å². The summed E-state index contributed by atoms with van der Waals surface area (Å²) in [6.07, 6.45) is 0. The molecule has 106 valence electrons. The zero-order valence-corrected chi connectivity index (χ0v) is 11.5. The van der Waals surface area contributed by atoms with Gasteiger partial charge in [0, 0.05) is 13.1 Å². The maximum atomic E-state index is 11.1. The van der Waals surface area contributed by atoms with Crippen molar-refractivity contribution >= 4 is 5.97 Å². The summed E-state index contributed by atoms with van der Waals surface area (Å²) >= 11 is 0. The maximum absolute atomic E-state index is 11.1. The third-order valence-electron chi connectivity index (χ3n) is 2.96. The lowest BCUT2D eigenvalue weighted by Gasteiger charge is -2.10. The smallest absolute Gasteiger partial charge is 0.339 e. The largest absolute Gasteiger partial charge is 0.497 e. The standard InChI is InChI=1S/C13H15N3O4/c1-8-14-15-12(16(8)2)7-20-11-6-9(19-3)4-5-10(11)13(17)18/h4-6H,7H2,1-3H3,(H,17,18). The number of aromatic nitrogens is 3. The summed E-state index contributed by atoms with van der Waals surface area (Å²) < 4.78 is 12.4. The van der Waals surface area contributed by atoms with Crippen molar-refractivity contribution in [2.75, 3.05) is 7.11 Å². The second-order valence-electron chi connectivity index (χ2n) is 4.18. The first-order valence-corrected chi connectivity index (χ1v) is 5.92. The summed E-state index contributed by atoms with van der Waals surface area (Å²) in [6.45, 7) is 1.95. The number of ether oxygens (including phenoxy) is 2. The molecule has 0 saturated carbocycles. The molecule has 1 aromatic carbocycles. The Morgan fingerprint density at radius 3 is 2.70 bits per heavy atom. The molecule has 0 aliphatic rings. The Morgan fingerprint density at radius 2 is 2.15 bits per heavy atom. The highest BCUT2D eigenvalue weighted by molar-refractivity contribution is 5.91. The molecule has 0 saturated heterocycles. The Kier molecular flexibility index (Phi) is 3.88.